The van der Waals surface area contributed by atoms with Gasteiger partial charge in [0.25, 0.3) is 0 Å². The topological polar surface area (TPSA) is 84.9 Å². The summed E-state index contributed by atoms with van der Waals surface area (Å²) < 4.78 is 42.0. The fraction of sp³-hybridized carbons (Fsp3) is 0.605. The molecule has 2 fully saturated rings. The van der Waals surface area contributed by atoms with Gasteiger partial charge in [0.1, 0.15) is 11.4 Å². The number of unbranched alkanes of at least 4 members (excludes halogenated alkanes) is 1. The van der Waals surface area contributed by atoms with E-state index in [0.717, 1.165) is 35.0 Å². The quantitative estimate of drug-likeness (QED) is 0.118. The molecule has 1 amide bonds. The molecule has 2 heterocycles. The summed E-state index contributed by atoms with van der Waals surface area (Å²) in [5.41, 5.74) is 2.26. The van der Waals surface area contributed by atoms with Crippen molar-refractivity contribution in [1.82, 2.24) is 4.90 Å². The lowest BCUT2D eigenvalue weighted by atomic mass is 9.74. The number of amides is 1. The first-order chi connectivity index (χ1) is 22.7. The van der Waals surface area contributed by atoms with Crippen LogP contribution in [0.4, 0.5) is 4.79 Å². The summed E-state index contributed by atoms with van der Waals surface area (Å²) in [6.07, 6.45) is 2.27. The lowest BCUT2D eigenvalue weighted by Gasteiger charge is -2.32. The van der Waals surface area contributed by atoms with Crippen LogP contribution in [0.1, 0.15) is 90.8 Å². The van der Waals surface area contributed by atoms with E-state index in [9.17, 15) is 4.79 Å². The fourth-order valence-electron chi connectivity index (χ4n) is 5.55. The summed E-state index contributed by atoms with van der Waals surface area (Å²) in [7, 11) is 1.02. The summed E-state index contributed by atoms with van der Waals surface area (Å²) in [4.78, 5) is 14.8. The fourth-order valence-corrected chi connectivity index (χ4v) is 5.55. The average molecular weight is 664 g/mol. The SMILES string of the molecule is COCOc1cc(C)c(C#CCCCO[C@@H]2C[C@H](OCc3ccccc3)CCN(C(=O)OC(C)(C)C)C2)c(B2OC(C)(C)C(C)(C)O2)c1. The molecule has 2 atom stereocenters. The van der Waals surface area contributed by atoms with Crippen LogP contribution in [0.5, 0.6) is 5.75 Å². The van der Waals surface area contributed by atoms with Gasteiger partial charge in [-0.2, -0.15) is 0 Å². The maximum absolute atomic E-state index is 13.0. The molecule has 262 valence electrons. The van der Waals surface area contributed by atoms with Gasteiger partial charge >= 0.3 is 13.2 Å². The molecule has 0 N–H and O–H groups in total. The summed E-state index contributed by atoms with van der Waals surface area (Å²) in [6.45, 7) is 18.0. The van der Waals surface area contributed by atoms with Crippen molar-refractivity contribution in [2.75, 3.05) is 33.6 Å². The Labute approximate surface area is 288 Å². The van der Waals surface area contributed by atoms with Crippen LogP contribution in [-0.4, -0.2) is 80.7 Å². The number of hydrogen-bond donors (Lipinski definition) is 0. The largest absolute Gasteiger partial charge is 0.496 e. The molecular formula is C38H54BNO8. The van der Waals surface area contributed by atoms with Gasteiger partial charge in [0.15, 0.2) is 6.79 Å². The summed E-state index contributed by atoms with van der Waals surface area (Å²) in [5, 5.41) is 0. The van der Waals surface area contributed by atoms with Crippen LogP contribution >= 0.6 is 0 Å². The monoisotopic (exact) mass is 663 g/mol. The molecule has 0 radical (unpaired) electrons. The Morgan fingerprint density at radius 1 is 1.04 bits per heavy atom. The van der Waals surface area contributed by atoms with Crippen molar-refractivity contribution in [2.24, 2.45) is 0 Å². The molecule has 10 heteroatoms. The van der Waals surface area contributed by atoms with Crippen LogP contribution < -0.4 is 10.2 Å². The number of hydrogen-bond acceptors (Lipinski definition) is 8. The lowest BCUT2D eigenvalue weighted by molar-refractivity contribution is -0.0221. The molecule has 0 aromatic heterocycles. The van der Waals surface area contributed by atoms with Crippen molar-refractivity contribution in [2.45, 2.75) is 117 Å². The molecule has 2 aromatic carbocycles. The highest BCUT2D eigenvalue weighted by molar-refractivity contribution is 6.63. The smallest absolute Gasteiger partial charge is 0.468 e. The molecular weight excluding hydrogens is 609 g/mol. The van der Waals surface area contributed by atoms with E-state index in [1.54, 1.807) is 12.0 Å². The third-order valence-electron chi connectivity index (χ3n) is 8.85. The first-order valence-electron chi connectivity index (χ1n) is 17.0. The standard InChI is InChI=1S/C38H54BNO8/c1-28-22-31(45-27-42-9)24-34(39-47-37(5,6)38(7,8)48-39)33(28)18-14-11-15-21-43-32-23-30(44-26-29-16-12-10-13-17-29)19-20-40(25-32)35(41)46-36(2,3)4/h10,12-13,16-17,22,24,30,32H,11,15,19-21,23,25-27H2,1-9H3/t30-,32-/m1/s1. The zero-order valence-corrected chi connectivity index (χ0v) is 30.4. The van der Waals surface area contributed by atoms with Gasteiger partial charge in [-0.1, -0.05) is 42.2 Å². The Hall–Kier alpha value is -3.07. The second kappa shape index (κ2) is 16.6. The highest BCUT2D eigenvalue weighted by Gasteiger charge is 2.52. The van der Waals surface area contributed by atoms with Gasteiger partial charge in [0.2, 0.25) is 0 Å². The molecule has 0 saturated carbocycles. The Morgan fingerprint density at radius 3 is 2.42 bits per heavy atom. The van der Waals surface area contributed by atoms with Gasteiger partial charge in [-0.15, -0.1) is 0 Å². The van der Waals surface area contributed by atoms with Crippen molar-refractivity contribution in [3.8, 4) is 17.6 Å². The number of ether oxygens (including phenoxy) is 5. The summed E-state index contributed by atoms with van der Waals surface area (Å²) in [5.74, 6) is 7.40. The molecule has 4 rings (SSSR count). The van der Waals surface area contributed by atoms with Gasteiger partial charge in [0, 0.05) is 44.1 Å². The molecule has 9 nitrogen and oxygen atoms in total. The minimum absolute atomic E-state index is 0.0327. The number of rotatable bonds is 11. The van der Waals surface area contributed by atoms with E-state index in [0.29, 0.717) is 44.9 Å². The van der Waals surface area contributed by atoms with Gasteiger partial charge in [-0.25, -0.2) is 4.79 Å². The van der Waals surface area contributed by atoms with E-state index < -0.39 is 23.9 Å². The van der Waals surface area contributed by atoms with Crippen LogP contribution in [0.2, 0.25) is 0 Å². The van der Waals surface area contributed by atoms with E-state index >= 15 is 0 Å². The van der Waals surface area contributed by atoms with Crippen LogP contribution in [-0.2, 0) is 34.9 Å². The number of methoxy groups -OCH3 is 1. The van der Waals surface area contributed by atoms with Crippen molar-refractivity contribution in [3.63, 3.8) is 0 Å². The molecule has 2 aliphatic heterocycles. The lowest BCUT2D eigenvalue weighted by Crippen LogP contribution is -2.41. The molecule has 2 aromatic rings. The van der Waals surface area contributed by atoms with Crippen LogP contribution in [0.15, 0.2) is 42.5 Å². The normalized spacial score (nSPS) is 20.5. The van der Waals surface area contributed by atoms with Crippen molar-refractivity contribution in [1.29, 1.82) is 0 Å². The predicted molar refractivity (Wildman–Crippen MR) is 187 cm³/mol. The molecule has 48 heavy (non-hydrogen) atoms. The molecule has 0 aliphatic carbocycles. The Bertz CT molecular complexity index is 1400. The minimum Gasteiger partial charge on any atom is -0.468 e. The van der Waals surface area contributed by atoms with Crippen molar-refractivity contribution in [3.05, 3.63) is 59.2 Å². The third kappa shape index (κ3) is 10.7. The van der Waals surface area contributed by atoms with Crippen LogP contribution in [0.3, 0.4) is 0 Å². The van der Waals surface area contributed by atoms with E-state index in [1.165, 1.54) is 0 Å². The van der Waals surface area contributed by atoms with Gasteiger partial charge in [-0.3, -0.25) is 0 Å². The van der Waals surface area contributed by atoms with E-state index in [2.05, 4.69) is 24.0 Å². The highest BCUT2D eigenvalue weighted by Crippen LogP contribution is 2.37. The number of likely N-dealkylation sites (tertiary alicyclic amines) is 1. The number of carbonyl (C=O) groups excluding carboxylic acids is 1. The molecule has 2 saturated heterocycles. The van der Waals surface area contributed by atoms with Crippen LogP contribution in [0.25, 0.3) is 0 Å². The number of carbonyl (C=O) groups is 1. The Morgan fingerprint density at radius 2 is 1.75 bits per heavy atom. The van der Waals surface area contributed by atoms with E-state index in [1.807, 2.05) is 85.7 Å². The second-order valence-corrected chi connectivity index (χ2v) is 14.6. The second-order valence-electron chi connectivity index (χ2n) is 14.6. The molecule has 0 unspecified atom stereocenters. The zero-order chi connectivity index (χ0) is 35.0. The van der Waals surface area contributed by atoms with Crippen molar-refractivity contribution >= 4 is 18.7 Å². The zero-order valence-electron chi connectivity index (χ0n) is 30.4. The number of nitrogens with zero attached hydrogens (tertiary/aromatic N) is 1. The number of benzene rings is 2. The molecule has 0 spiro atoms. The average Bonchev–Trinajstić information content (AvgIpc) is 3.12. The Balaban J connectivity index is 1.40. The maximum Gasteiger partial charge on any atom is 0.496 e. The highest BCUT2D eigenvalue weighted by atomic mass is 16.7. The third-order valence-corrected chi connectivity index (χ3v) is 8.85. The van der Waals surface area contributed by atoms with Gasteiger partial charge in [-0.05, 0) is 91.5 Å². The first kappa shape index (κ1) is 37.7. The van der Waals surface area contributed by atoms with E-state index in [-0.39, 0.29) is 25.1 Å². The minimum atomic E-state index is -0.576. The van der Waals surface area contributed by atoms with Crippen LogP contribution in [0, 0.1) is 18.8 Å². The van der Waals surface area contributed by atoms with Crippen molar-refractivity contribution < 1.29 is 37.8 Å². The molecule has 0 bridgehead atoms. The summed E-state index contributed by atoms with van der Waals surface area (Å²) >= 11 is 0. The van der Waals surface area contributed by atoms with E-state index in [4.69, 9.17) is 33.0 Å². The maximum atomic E-state index is 13.0. The van der Waals surface area contributed by atoms with Gasteiger partial charge < -0.3 is 37.9 Å². The predicted octanol–water partition coefficient (Wildman–Crippen LogP) is 6.41. The summed E-state index contributed by atoms with van der Waals surface area (Å²) in [6, 6.07) is 14.0. The Kier molecular flexibility index (Phi) is 13.0. The number of aryl methyl sites for hydroxylation is 1. The first-order valence-corrected chi connectivity index (χ1v) is 17.0. The van der Waals surface area contributed by atoms with Gasteiger partial charge in [0.05, 0.1) is 36.6 Å². The molecule has 2 aliphatic rings.